The topological polar surface area (TPSA) is 53.5 Å². The summed E-state index contributed by atoms with van der Waals surface area (Å²) in [5.74, 6) is 6.25. The Morgan fingerprint density at radius 1 is 0.337 bits per heavy atom. The predicted octanol–water partition coefficient (Wildman–Crippen LogP) is 24.8. The molecule has 2 saturated carbocycles. The van der Waals surface area contributed by atoms with Crippen LogP contribution in [0.4, 0.5) is 0 Å². The van der Waals surface area contributed by atoms with Crippen molar-refractivity contribution in [3.8, 4) is 95.7 Å². The monoisotopic (exact) mass is 1900 g/mol. The van der Waals surface area contributed by atoms with Gasteiger partial charge in [0.15, 0.2) is 0 Å². The van der Waals surface area contributed by atoms with Crippen molar-refractivity contribution < 1.29 is 60.3 Å². The van der Waals surface area contributed by atoms with Gasteiger partial charge in [0.25, 0.3) is 0 Å². The Bertz CT molecular complexity index is 4690. The third-order valence-electron chi connectivity index (χ3n) is 20.0. The van der Waals surface area contributed by atoms with Gasteiger partial charge in [-0.3, -0.25) is 15.0 Å². The number of aromatic nitrogens is 6. The summed E-state index contributed by atoms with van der Waals surface area (Å²) < 4.78 is 6.99. The molecule has 2 aliphatic rings. The normalized spacial score (nSPS) is 12.9. The van der Waals surface area contributed by atoms with Crippen molar-refractivity contribution in [3.63, 3.8) is 0 Å². The minimum atomic E-state index is 0. The molecule has 0 amide bonds. The molecule has 0 spiro atoms. The van der Waals surface area contributed by atoms with Gasteiger partial charge in [0, 0.05) is 115 Å². The van der Waals surface area contributed by atoms with E-state index in [2.05, 4.69) is 294 Å². The van der Waals surface area contributed by atoms with E-state index in [1.54, 1.807) is 5.56 Å². The van der Waals surface area contributed by atoms with Gasteiger partial charge >= 0.3 is 0 Å². The summed E-state index contributed by atoms with van der Waals surface area (Å²) >= 11 is 0. The summed E-state index contributed by atoms with van der Waals surface area (Å²) in [7, 11) is 0. The SMILES string of the molecule is CC(C)Cc1c(-c2ccccc2)cc(-c2ccccc2)c(CC(C)C)c1-n1ccnc1-c1[c-]cccc1.CC(C)Cc1ccc(-c2ccccc2)c(CC(C)C)c1-n1ccnc1-c1[c-]cccc1.[Ir].[Ir].[Ir].[c-]1ccccc1-c1nccn1-c1c(C2CCCC2)ccc(-c2ccccc2)c1C1CCCC1. The largest absolute Gasteiger partial charge is 0.340 e. The second-order valence-corrected chi connectivity index (χ2v) is 29.4. The van der Waals surface area contributed by atoms with Crippen molar-refractivity contribution in [2.45, 2.75) is 144 Å². The van der Waals surface area contributed by atoms with Crippen LogP contribution in [0.5, 0.6) is 0 Å². The Hall–Kier alpha value is -8.22. The van der Waals surface area contributed by atoms with E-state index in [0.717, 1.165) is 59.8 Å². The van der Waals surface area contributed by atoms with E-state index in [-0.39, 0.29) is 60.3 Å². The average Bonchev–Trinajstić information content (AvgIpc) is 1.44. The molecule has 10 aromatic carbocycles. The van der Waals surface area contributed by atoms with Crippen LogP contribution in [0.25, 0.3) is 95.7 Å². The van der Waals surface area contributed by atoms with Crippen LogP contribution in [-0.2, 0) is 86.0 Å². The van der Waals surface area contributed by atoms with Gasteiger partial charge in [-0.2, -0.15) is 0 Å². The number of hydrogen-bond acceptors (Lipinski definition) is 3. The molecule has 537 valence electrons. The van der Waals surface area contributed by atoms with E-state index in [1.165, 1.54) is 141 Å². The zero-order valence-corrected chi connectivity index (χ0v) is 68.6. The van der Waals surface area contributed by atoms with E-state index in [0.29, 0.717) is 35.5 Å². The molecule has 9 heteroatoms. The summed E-state index contributed by atoms with van der Waals surface area (Å²) in [6.45, 7) is 18.4. The maximum Gasteiger partial charge on any atom is 0.0602 e. The average molecular weight is 1900 g/mol. The Morgan fingerprint density at radius 3 is 1.06 bits per heavy atom. The molecular formula is C95H97Ir3N6-3. The summed E-state index contributed by atoms with van der Waals surface area (Å²) in [4.78, 5) is 14.4. The summed E-state index contributed by atoms with van der Waals surface area (Å²) in [5.41, 5.74) is 26.0. The molecule has 104 heavy (non-hydrogen) atoms. The van der Waals surface area contributed by atoms with Crippen LogP contribution in [0.3, 0.4) is 0 Å². The fraction of sp³-hybridized carbons (Fsp3) is 0.274. The van der Waals surface area contributed by atoms with Gasteiger partial charge in [-0.1, -0.05) is 227 Å². The van der Waals surface area contributed by atoms with Crippen molar-refractivity contribution in [3.05, 3.63) is 313 Å². The fourth-order valence-corrected chi connectivity index (χ4v) is 15.7. The van der Waals surface area contributed by atoms with Crippen LogP contribution in [0, 0.1) is 41.9 Å². The smallest absolute Gasteiger partial charge is 0.0602 e. The first kappa shape index (κ1) is 78.4. The first-order chi connectivity index (χ1) is 49.5. The standard InChI is InChI=1S/C35H35N2.C31H31N2.C29H31N2.3Ir/c1-25(2)22-32-30(27-14-8-5-9-15-27)24-31(28-16-10-6-11-17-28)33(23-26(3)4)34(32)37-21-20-36-35(37)29-18-12-7-13-19-29;1-3-11-23(12-4-1)27-19-20-28(24-13-7-8-14-24)30(29(27)25-15-9-10-16-25)33-22-21-32-31(33)26-17-5-2-6-18-26;1-21(2)19-25-15-16-26(23-11-7-5-8-12-23)27(20-22(3)4)28(25)31-18-17-30-29(31)24-13-9-6-10-14-24;;;/h5-18,20-21,24-26H,22-23H2,1-4H3;1-6,11-12,17,19-22,24-25H,7-10,13-16H2;5-13,15-18,21-22H,19-20H2,1-4H3;;;/q3*-1;;;. The molecule has 6 nitrogen and oxygen atoms in total. The molecule has 0 saturated heterocycles. The molecule has 3 heterocycles. The van der Waals surface area contributed by atoms with Crippen LogP contribution in [0.15, 0.2) is 262 Å². The summed E-state index contributed by atoms with van der Waals surface area (Å²) in [6.07, 6.45) is 26.7. The summed E-state index contributed by atoms with van der Waals surface area (Å²) in [5, 5.41) is 0. The molecule has 0 atom stereocenters. The van der Waals surface area contributed by atoms with E-state index >= 15 is 0 Å². The number of benzene rings is 10. The van der Waals surface area contributed by atoms with Gasteiger partial charge in [0.2, 0.25) is 0 Å². The Balaban J connectivity index is 0.000000166. The zero-order chi connectivity index (χ0) is 69.6. The zero-order valence-electron chi connectivity index (χ0n) is 61.5. The van der Waals surface area contributed by atoms with Crippen LogP contribution in [0.1, 0.15) is 152 Å². The fourth-order valence-electron chi connectivity index (χ4n) is 15.7. The molecule has 0 unspecified atom stereocenters. The number of nitrogens with zero attached hydrogens (tertiary/aromatic N) is 6. The van der Waals surface area contributed by atoms with Gasteiger partial charge in [-0.05, 0) is 171 Å². The first-order valence-electron chi connectivity index (χ1n) is 37.2. The molecule has 3 aromatic heterocycles. The molecule has 0 aliphatic heterocycles. The molecule has 0 bridgehead atoms. The van der Waals surface area contributed by atoms with E-state index in [9.17, 15) is 0 Å². The Morgan fingerprint density at radius 2 is 0.673 bits per heavy atom. The minimum absolute atomic E-state index is 0. The Labute approximate surface area is 660 Å². The molecule has 15 rings (SSSR count). The van der Waals surface area contributed by atoms with Crippen LogP contribution >= 0.6 is 0 Å². The van der Waals surface area contributed by atoms with E-state index < -0.39 is 0 Å². The van der Waals surface area contributed by atoms with Gasteiger partial charge in [0.05, 0.1) is 17.5 Å². The number of imidazole rings is 3. The first-order valence-corrected chi connectivity index (χ1v) is 37.2. The van der Waals surface area contributed by atoms with Crippen LogP contribution in [0.2, 0.25) is 0 Å². The third kappa shape index (κ3) is 18.3. The van der Waals surface area contributed by atoms with E-state index in [4.69, 9.17) is 15.0 Å². The second kappa shape index (κ2) is 37.7. The molecular weight excluding hydrogens is 1800 g/mol. The minimum Gasteiger partial charge on any atom is -0.340 e. The van der Waals surface area contributed by atoms with Crippen molar-refractivity contribution >= 4 is 0 Å². The maximum absolute atomic E-state index is 4.84. The third-order valence-corrected chi connectivity index (χ3v) is 20.0. The van der Waals surface area contributed by atoms with Crippen molar-refractivity contribution in [2.24, 2.45) is 23.7 Å². The molecule has 3 radical (unpaired) electrons. The Kier molecular flexibility index (Phi) is 28.4. The van der Waals surface area contributed by atoms with Crippen molar-refractivity contribution in [2.75, 3.05) is 0 Å². The van der Waals surface area contributed by atoms with Crippen molar-refractivity contribution in [1.82, 2.24) is 28.7 Å². The molecule has 2 fully saturated rings. The van der Waals surface area contributed by atoms with Gasteiger partial charge in [-0.25, -0.2) is 0 Å². The summed E-state index contributed by atoms with van der Waals surface area (Å²) in [6, 6.07) is 90.0. The molecule has 13 aromatic rings. The predicted molar refractivity (Wildman–Crippen MR) is 422 cm³/mol. The quantitative estimate of drug-likeness (QED) is 0.0715. The van der Waals surface area contributed by atoms with Crippen molar-refractivity contribution in [1.29, 1.82) is 0 Å². The van der Waals surface area contributed by atoms with E-state index in [1.807, 2.05) is 55.0 Å². The second-order valence-electron chi connectivity index (χ2n) is 29.4. The molecule has 2 aliphatic carbocycles. The van der Waals surface area contributed by atoms with Gasteiger partial charge < -0.3 is 13.7 Å². The van der Waals surface area contributed by atoms with Gasteiger partial charge in [-0.15, -0.1) is 108 Å². The van der Waals surface area contributed by atoms with Gasteiger partial charge in [0.1, 0.15) is 0 Å². The van der Waals surface area contributed by atoms with Crippen LogP contribution in [-0.4, -0.2) is 28.7 Å². The molecule has 0 N–H and O–H groups in total. The van der Waals surface area contributed by atoms with Crippen LogP contribution < -0.4 is 0 Å². The number of hydrogen-bond donors (Lipinski definition) is 0. The number of rotatable bonds is 20. The maximum atomic E-state index is 4.84.